The molecule has 1 aromatic rings. The van der Waals surface area contributed by atoms with E-state index < -0.39 is 0 Å². The van der Waals surface area contributed by atoms with Crippen LogP contribution >= 0.6 is 12.2 Å². The predicted molar refractivity (Wildman–Crippen MR) is 83.7 cm³/mol. The highest BCUT2D eigenvalue weighted by atomic mass is 32.1. The molecule has 0 aliphatic heterocycles. The number of nitrogens with two attached hydrogens (primary N) is 1. The molecule has 1 heterocycles. The summed E-state index contributed by atoms with van der Waals surface area (Å²) in [4.78, 5) is 13.5. The molecule has 0 radical (unpaired) electrons. The van der Waals surface area contributed by atoms with Gasteiger partial charge in [0.25, 0.3) is 0 Å². The SMILES string of the molecule is CCN(CCCN(C)C)c1nc(C)cc(C(N)=S)n1. The highest BCUT2D eigenvalue weighted by Crippen LogP contribution is 2.11. The quantitative estimate of drug-likeness (QED) is 0.758. The Morgan fingerprint density at radius 3 is 2.53 bits per heavy atom. The van der Waals surface area contributed by atoms with E-state index in [1.54, 1.807) is 0 Å². The van der Waals surface area contributed by atoms with Crippen molar-refractivity contribution in [2.45, 2.75) is 20.3 Å². The molecule has 0 fully saturated rings. The van der Waals surface area contributed by atoms with Crippen molar-refractivity contribution in [3.63, 3.8) is 0 Å². The average Bonchev–Trinajstić information content (AvgIpc) is 2.33. The fourth-order valence-corrected chi connectivity index (χ4v) is 1.90. The lowest BCUT2D eigenvalue weighted by Crippen LogP contribution is -2.29. The van der Waals surface area contributed by atoms with Gasteiger partial charge in [-0.1, -0.05) is 12.2 Å². The maximum absolute atomic E-state index is 5.65. The van der Waals surface area contributed by atoms with Gasteiger partial charge in [-0.15, -0.1) is 0 Å². The topological polar surface area (TPSA) is 58.3 Å². The Morgan fingerprint density at radius 2 is 2.00 bits per heavy atom. The molecule has 0 saturated heterocycles. The van der Waals surface area contributed by atoms with Crippen LogP contribution in [-0.2, 0) is 0 Å². The zero-order valence-corrected chi connectivity index (χ0v) is 13.0. The second-order valence-electron chi connectivity index (χ2n) is 4.80. The molecule has 1 rings (SSSR count). The van der Waals surface area contributed by atoms with Gasteiger partial charge in [-0.05, 0) is 47.0 Å². The molecule has 19 heavy (non-hydrogen) atoms. The molecule has 0 atom stereocenters. The first-order valence-electron chi connectivity index (χ1n) is 6.49. The number of rotatable bonds is 7. The highest BCUT2D eigenvalue weighted by Gasteiger charge is 2.10. The van der Waals surface area contributed by atoms with Crippen LogP contribution in [0.5, 0.6) is 0 Å². The molecule has 0 bridgehead atoms. The summed E-state index contributed by atoms with van der Waals surface area (Å²) in [6.07, 6.45) is 1.07. The summed E-state index contributed by atoms with van der Waals surface area (Å²) in [5.74, 6) is 0.712. The first-order chi connectivity index (χ1) is 8.93. The predicted octanol–water partition coefficient (Wildman–Crippen LogP) is 1.20. The van der Waals surface area contributed by atoms with Crippen molar-refractivity contribution in [2.24, 2.45) is 5.73 Å². The summed E-state index contributed by atoms with van der Waals surface area (Å²) in [5, 5.41) is 0. The van der Waals surface area contributed by atoms with Crippen LogP contribution in [0, 0.1) is 6.92 Å². The Balaban J connectivity index is 2.82. The molecule has 6 heteroatoms. The zero-order valence-electron chi connectivity index (χ0n) is 12.2. The van der Waals surface area contributed by atoms with E-state index in [0.29, 0.717) is 16.6 Å². The normalized spacial score (nSPS) is 10.8. The monoisotopic (exact) mass is 281 g/mol. The van der Waals surface area contributed by atoms with E-state index in [1.165, 1.54) is 0 Å². The maximum Gasteiger partial charge on any atom is 0.226 e. The van der Waals surface area contributed by atoms with Crippen molar-refractivity contribution >= 4 is 23.2 Å². The fourth-order valence-electron chi connectivity index (χ4n) is 1.80. The summed E-state index contributed by atoms with van der Waals surface area (Å²) < 4.78 is 0. The third-order valence-electron chi connectivity index (χ3n) is 2.79. The van der Waals surface area contributed by atoms with Gasteiger partial charge < -0.3 is 15.5 Å². The highest BCUT2D eigenvalue weighted by molar-refractivity contribution is 7.80. The molecule has 0 aromatic carbocycles. The van der Waals surface area contributed by atoms with Gasteiger partial charge in [-0.2, -0.15) is 0 Å². The number of hydrogen-bond acceptors (Lipinski definition) is 5. The third kappa shape index (κ3) is 5.08. The van der Waals surface area contributed by atoms with Crippen LogP contribution in [0.3, 0.4) is 0 Å². The second-order valence-corrected chi connectivity index (χ2v) is 5.24. The van der Waals surface area contributed by atoms with Gasteiger partial charge in [0.1, 0.15) is 10.7 Å². The Bertz CT molecular complexity index is 433. The van der Waals surface area contributed by atoms with E-state index in [9.17, 15) is 0 Å². The van der Waals surface area contributed by atoms with Crippen LogP contribution in [0.4, 0.5) is 5.95 Å². The number of aromatic nitrogens is 2. The molecule has 0 spiro atoms. The van der Waals surface area contributed by atoms with Crippen molar-refractivity contribution in [3.8, 4) is 0 Å². The molecule has 2 N–H and O–H groups in total. The van der Waals surface area contributed by atoms with Crippen LogP contribution < -0.4 is 10.6 Å². The number of nitrogens with zero attached hydrogens (tertiary/aromatic N) is 4. The standard InChI is InChI=1S/C13H23N5S/c1-5-18(8-6-7-17(3)4)13-15-10(2)9-11(16-13)12(14)19/h9H,5-8H2,1-4H3,(H2,14,19). The summed E-state index contributed by atoms with van der Waals surface area (Å²) in [5.41, 5.74) is 7.18. The van der Waals surface area contributed by atoms with Crippen molar-refractivity contribution in [3.05, 3.63) is 17.5 Å². The third-order valence-corrected chi connectivity index (χ3v) is 3.00. The molecule has 0 amide bonds. The van der Waals surface area contributed by atoms with E-state index in [0.717, 1.165) is 31.7 Å². The molecular formula is C13H23N5S. The number of hydrogen-bond donors (Lipinski definition) is 1. The van der Waals surface area contributed by atoms with Crippen molar-refractivity contribution in [1.82, 2.24) is 14.9 Å². The van der Waals surface area contributed by atoms with Gasteiger partial charge in [0.05, 0.1) is 0 Å². The molecule has 0 saturated carbocycles. The Kier molecular flexibility index (Phi) is 6.11. The van der Waals surface area contributed by atoms with Crippen LogP contribution in [0.2, 0.25) is 0 Å². The molecular weight excluding hydrogens is 258 g/mol. The van der Waals surface area contributed by atoms with Crippen molar-refractivity contribution in [2.75, 3.05) is 38.6 Å². The lowest BCUT2D eigenvalue weighted by molar-refractivity contribution is 0.400. The summed E-state index contributed by atoms with van der Waals surface area (Å²) in [7, 11) is 4.15. The lowest BCUT2D eigenvalue weighted by Gasteiger charge is -2.22. The number of anilines is 1. The van der Waals surface area contributed by atoms with Crippen LogP contribution in [0.1, 0.15) is 24.7 Å². The molecule has 0 unspecified atom stereocenters. The minimum absolute atomic E-state index is 0.316. The van der Waals surface area contributed by atoms with Crippen LogP contribution in [0.15, 0.2) is 6.07 Å². The number of thiocarbonyl (C=S) groups is 1. The Morgan fingerprint density at radius 1 is 1.32 bits per heavy atom. The molecule has 1 aromatic heterocycles. The van der Waals surface area contributed by atoms with Gasteiger partial charge >= 0.3 is 0 Å². The van der Waals surface area contributed by atoms with Crippen molar-refractivity contribution < 1.29 is 0 Å². The van der Waals surface area contributed by atoms with Gasteiger partial charge in [0.2, 0.25) is 5.95 Å². The first kappa shape index (κ1) is 15.8. The smallest absolute Gasteiger partial charge is 0.226 e. The second kappa shape index (κ2) is 7.35. The molecule has 0 aliphatic carbocycles. The summed E-state index contributed by atoms with van der Waals surface area (Å²) in [6, 6.07) is 1.82. The largest absolute Gasteiger partial charge is 0.388 e. The van der Waals surface area contributed by atoms with E-state index in [4.69, 9.17) is 18.0 Å². The van der Waals surface area contributed by atoms with Crippen LogP contribution in [0.25, 0.3) is 0 Å². The maximum atomic E-state index is 5.65. The minimum atomic E-state index is 0.316. The van der Waals surface area contributed by atoms with Crippen molar-refractivity contribution in [1.29, 1.82) is 0 Å². The first-order valence-corrected chi connectivity index (χ1v) is 6.90. The Hall–Kier alpha value is -1.27. The fraction of sp³-hybridized carbons (Fsp3) is 0.615. The molecule has 106 valence electrons. The molecule has 0 aliphatic rings. The summed E-state index contributed by atoms with van der Waals surface area (Å²) >= 11 is 4.99. The van der Waals surface area contributed by atoms with E-state index >= 15 is 0 Å². The van der Waals surface area contributed by atoms with Gasteiger partial charge in [0.15, 0.2) is 0 Å². The van der Waals surface area contributed by atoms with Gasteiger partial charge in [-0.25, -0.2) is 9.97 Å². The lowest BCUT2D eigenvalue weighted by atomic mass is 10.3. The zero-order chi connectivity index (χ0) is 14.4. The van der Waals surface area contributed by atoms with Gasteiger partial charge in [0, 0.05) is 18.8 Å². The summed E-state index contributed by atoms with van der Waals surface area (Å²) in [6.45, 7) is 6.87. The number of aryl methyl sites for hydroxylation is 1. The van der Waals surface area contributed by atoms with E-state index in [1.807, 2.05) is 13.0 Å². The van der Waals surface area contributed by atoms with Gasteiger partial charge in [-0.3, -0.25) is 0 Å². The van der Waals surface area contributed by atoms with E-state index in [2.05, 4.69) is 40.8 Å². The molecule has 5 nitrogen and oxygen atoms in total. The van der Waals surface area contributed by atoms with Crippen LogP contribution in [-0.4, -0.2) is 53.6 Å². The Labute approximate surface area is 120 Å². The minimum Gasteiger partial charge on any atom is -0.388 e. The average molecular weight is 281 g/mol. The van der Waals surface area contributed by atoms with E-state index in [-0.39, 0.29) is 0 Å².